The molecule has 0 bridgehead atoms. The number of hydrogen-bond acceptors (Lipinski definition) is 2. The first kappa shape index (κ1) is 11.4. The van der Waals surface area contributed by atoms with E-state index in [4.69, 9.17) is 4.74 Å². The van der Waals surface area contributed by atoms with Crippen molar-refractivity contribution in [3.63, 3.8) is 0 Å². The normalized spacial score (nSPS) is 21.6. The van der Waals surface area contributed by atoms with E-state index in [9.17, 15) is 4.79 Å². The number of rotatable bonds is 2. The van der Waals surface area contributed by atoms with Crippen LogP contribution in [0.1, 0.15) is 27.2 Å². The Balaban J connectivity index is 2.77. The van der Waals surface area contributed by atoms with Gasteiger partial charge in [-0.05, 0) is 36.8 Å². The molecular weight excluding hydrogens is 196 g/mol. The fraction of sp³-hybridized carbons (Fsp3) is 0.545. The summed E-state index contributed by atoms with van der Waals surface area (Å²) in [5.41, 5.74) is 1.02. The molecule has 0 saturated carbocycles. The van der Waals surface area contributed by atoms with Crippen molar-refractivity contribution in [1.29, 1.82) is 0 Å². The molecule has 0 radical (unpaired) electrons. The molecule has 0 saturated heterocycles. The predicted molar refractivity (Wildman–Crippen MR) is 60.3 cm³/mol. The third-order valence-electron chi connectivity index (χ3n) is 2.50. The van der Waals surface area contributed by atoms with E-state index in [2.05, 4.69) is 32.6 Å². The third kappa shape index (κ3) is 2.91. The molecule has 1 atom stereocenters. The highest BCUT2D eigenvalue weighted by Gasteiger charge is 2.18. The van der Waals surface area contributed by atoms with Crippen molar-refractivity contribution in [2.45, 2.75) is 27.2 Å². The van der Waals surface area contributed by atoms with Crippen molar-refractivity contribution >= 4 is 17.9 Å². The van der Waals surface area contributed by atoms with Gasteiger partial charge in [-0.15, -0.1) is 0 Å². The molecule has 0 aliphatic heterocycles. The van der Waals surface area contributed by atoms with Crippen molar-refractivity contribution in [3.8, 4) is 0 Å². The van der Waals surface area contributed by atoms with Gasteiger partial charge in [-0.1, -0.05) is 32.6 Å². The van der Waals surface area contributed by atoms with Gasteiger partial charge in [0.25, 0.3) is 0 Å². The predicted octanol–water partition coefficient (Wildman–Crippen LogP) is 3.56. The Hall–Kier alpha value is -0.700. The zero-order valence-corrected chi connectivity index (χ0v) is 9.67. The summed E-state index contributed by atoms with van der Waals surface area (Å²) in [6, 6.07) is 0. The van der Waals surface area contributed by atoms with Crippen LogP contribution in [-0.4, -0.2) is 5.30 Å². The molecule has 0 heterocycles. The van der Waals surface area contributed by atoms with E-state index in [1.54, 1.807) is 0 Å². The Morgan fingerprint density at radius 1 is 1.64 bits per heavy atom. The largest absolute Gasteiger partial charge is 0.419 e. The lowest BCUT2D eigenvalue weighted by Crippen LogP contribution is -2.11. The minimum absolute atomic E-state index is 0.460. The first-order chi connectivity index (χ1) is 6.50. The van der Waals surface area contributed by atoms with E-state index in [1.807, 2.05) is 13.0 Å². The summed E-state index contributed by atoms with van der Waals surface area (Å²) >= 11 is 3.60. The average Bonchev–Trinajstić information content (AvgIpc) is 2.07. The number of hydrogen-bond donors (Lipinski definition) is 1. The minimum Gasteiger partial charge on any atom is -0.419 e. The maximum atomic E-state index is 10.7. The van der Waals surface area contributed by atoms with E-state index >= 15 is 0 Å². The summed E-state index contributed by atoms with van der Waals surface area (Å²) in [4.78, 5) is 10.7. The standard InChI is InChI=1S/C11H16O2S/c1-7(2)9-5-4-8(3)10(6-9)13-11(12)14/h4,6-7,9H,5H2,1-3H3,(H,12,14)/t9-/m0/s1. The molecule has 78 valence electrons. The van der Waals surface area contributed by atoms with E-state index in [-0.39, 0.29) is 0 Å². The molecule has 0 amide bonds. The van der Waals surface area contributed by atoms with Gasteiger partial charge in [-0.25, -0.2) is 4.79 Å². The lowest BCUT2D eigenvalue weighted by atomic mass is 9.87. The number of carbonyl (C=O) groups excluding carboxylic acids is 1. The topological polar surface area (TPSA) is 26.3 Å². The molecule has 0 aromatic carbocycles. The van der Waals surface area contributed by atoms with Gasteiger partial charge in [0.05, 0.1) is 0 Å². The Morgan fingerprint density at radius 2 is 2.29 bits per heavy atom. The van der Waals surface area contributed by atoms with E-state index in [0.29, 0.717) is 17.6 Å². The Labute approximate surface area is 90.4 Å². The summed E-state index contributed by atoms with van der Waals surface area (Å²) in [5, 5.41) is -0.548. The molecule has 2 nitrogen and oxygen atoms in total. The molecule has 0 unspecified atom stereocenters. The molecule has 0 aromatic heterocycles. The molecule has 3 heteroatoms. The number of ether oxygens (including phenoxy) is 1. The highest BCUT2D eigenvalue weighted by atomic mass is 32.1. The van der Waals surface area contributed by atoms with Gasteiger partial charge >= 0.3 is 5.30 Å². The summed E-state index contributed by atoms with van der Waals surface area (Å²) < 4.78 is 5.00. The van der Waals surface area contributed by atoms with Gasteiger partial charge in [-0.2, -0.15) is 0 Å². The van der Waals surface area contributed by atoms with Crippen molar-refractivity contribution in [1.82, 2.24) is 0 Å². The minimum atomic E-state index is -0.548. The zero-order chi connectivity index (χ0) is 10.7. The van der Waals surface area contributed by atoms with Gasteiger partial charge in [-0.3, -0.25) is 0 Å². The van der Waals surface area contributed by atoms with Gasteiger partial charge < -0.3 is 4.74 Å². The summed E-state index contributed by atoms with van der Waals surface area (Å²) in [7, 11) is 0. The number of carbonyl (C=O) groups is 1. The molecule has 1 aliphatic rings. The highest BCUT2D eigenvalue weighted by Crippen LogP contribution is 2.28. The van der Waals surface area contributed by atoms with Crippen LogP contribution in [0.25, 0.3) is 0 Å². The molecule has 1 rings (SSSR count). The molecule has 0 spiro atoms. The monoisotopic (exact) mass is 212 g/mol. The number of allylic oxidation sites excluding steroid dienone is 3. The maximum Gasteiger partial charge on any atom is 0.369 e. The molecule has 0 N–H and O–H groups in total. The summed E-state index contributed by atoms with van der Waals surface area (Å²) in [6.45, 7) is 6.27. The second-order valence-corrected chi connectivity index (χ2v) is 4.29. The Morgan fingerprint density at radius 3 is 2.79 bits per heavy atom. The van der Waals surface area contributed by atoms with Crippen molar-refractivity contribution in [2.24, 2.45) is 11.8 Å². The van der Waals surface area contributed by atoms with Gasteiger partial charge in [0.1, 0.15) is 5.76 Å². The first-order valence-electron chi connectivity index (χ1n) is 4.80. The van der Waals surface area contributed by atoms with Crippen molar-refractivity contribution < 1.29 is 9.53 Å². The first-order valence-corrected chi connectivity index (χ1v) is 5.25. The molecule has 1 aliphatic carbocycles. The second kappa shape index (κ2) is 4.69. The van der Waals surface area contributed by atoms with Gasteiger partial charge in [0.2, 0.25) is 0 Å². The van der Waals surface area contributed by atoms with Crippen molar-refractivity contribution in [2.75, 3.05) is 0 Å². The molecule has 0 fully saturated rings. The highest BCUT2D eigenvalue weighted by molar-refractivity contribution is 7.96. The quantitative estimate of drug-likeness (QED) is 0.559. The van der Waals surface area contributed by atoms with E-state index < -0.39 is 5.30 Å². The summed E-state index contributed by atoms with van der Waals surface area (Å²) in [5.74, 6) is 1.68. The molecule has 0 aromatic rings. The smallest absolute Gasteiger partial charge is 0.369 e. The van der Waals surface area contributed by atoms with Crippen LogP contribution in [0.3, 0.4) is 0 Å². The molecular formula is C11H16O2S. The van der Waals surface area contributed by atoms with E-state index in [1.165, 1.54) is 0 Å². The van der Waals surface area contributed by atoms with Crippen LogP contribution in [0.5, 0.6) is 0 Å². The number of thiol groups is 1. The second-order valence-electron chi connectivity index (χ2n) is 3.93. The van der Waals surface area contributed by atoms with Crippen LogP contribution in [0.4, 0.5) is 4.79 Å². The Kier molecular flexibility index (Phi) is 3.81. The van der Waals surface area contributed by atoms with Crippen LogP contribution < -0.4 is 0 Å². The lowest BCUT2D eigenvalue weighted by Gasteiger charge is -2.21. The average molecular weight is 212 g/mol. The van der Waals surface area contributed by atoms with Crippen LogP contribution in [-0.2, 0) is 4.74 Å². The maximum absolute atomic E-state index is 10.7. The molecule has 14 heavy (non-hydrogen) atoms. The van der Waals surface area contributed by atoms with Crippen molar-refractivity contribution in [3.05, 3.63) is 23.5 Å². The SMILES string of the molecule is CC1=CC[C@H](C(C)C)C=C1OC(=O)S. The van der Waals surface area contributed by atoms with Crippen LogP contribution in [0.2, 0.25) is 0 Å². The van der Waals surface area contributed by atoms with E-state index in [0.717, 1.165) is 12.0 Å². The fourth-order valence-electron chi connectivity index (χ4n) is 1.48. The van der Waals surface area contributed by atoms with Gasteiger partial charge in [0, 0.05) is 0 Å². The lowest BCUT2D eigenvalue weighted by molar-refractivity contribution is 0.205. The van der Waals surface area contributed by atoms with Crippen LogP contribution >= 0.6 is 12.6 Å². The van der Waals surface area contributed by atoms with Gasteiger partial charge in [0.15, 0.2) is 0 Å². The van der Waals surface area contributed by atoms with Crippen LogP contribution in [0.15, 0.2) is 23.5 Å². The van der Waals surface area contributed by atoms with Crippen LogP contribution in [0, 0.1) is 11.8 Å². The third-order valence-corrected chi connectivity index (χ3v) is 2.60. The Bertz CT molecular complexity index is 290. The summed E-state index contributed by atoms with van der Waals surface area (Å²) in [6.07, 6.45) is 5.15. The fourth-order valence-corrected chi connectivity index (χ4v) is 1.58. The zero-order valence-electron chi connectivity index (χ0n) is 8.78.